The summed E-state index contributed by atoms with van der Waals surface area (Å²) in [5.41, 5.74) is 2.83. The first-order valence-corrected chi connectivity index (χ1v) is 7.99. The fourth-order valence-corrected chi connectivity index (χ4v) is 3.52. The Bertz CT molecular complexity index is 370. The third-order valence-corrected chi connectivity index (χ3v) is 4.80. The van der Waals surface area contributed by atoms with Gasteiger partial charge in [-0.2, -0.15) is 0 Å². The molecule has 0 radical (unpaired) electrons. The van der Waals surface area contributed by atoms with E-state index in [-0.39, 0.29) is 0 Å². The van der Waals surface area contributed by atoms with Gasteiger partial charge in [-0.15, -0.1) is 23.5 Å². The Morgan fingerprint density at radius 1 is 0.588 bits per heavy atom. The first-order valence-electron chi connectivity index (χ1n) is 5.68. The molecule has 0 bridgehead atoms. The topological polar surface area (TPSA) is 0 Å². The lowest BCUT2D eigenvalue weighted by molar-refractivity contribution is 1.41. The van der Waals surface area contributed by atoms with Gasteiger partial charge in [-0.05, 0) is 11.1 Å². The molecule has 0 fully saturated rings. The Morgan fingerprint density at radius 3 is 1.41 bits per heavy atom. The van der Waals surface area contributed by atoms with Gasteiger partial charge in [0.1, 0.15) is 0 Å². The lowest BCUT2D eigenvalue weighted by atomic mass is 10.2. The highest BCUT2D eigenvalue weighted by atomic mass is 32.2. The van der Waals surface area contributed by atoms with E-state index >= 15 is 0 Å². The zero-order valence-electron chi connectivity index (χ0n) is 9.71. The molecule has 0 saturated carbocycles. The minimum Gasteiger partial charge on any atom is -0.146 e. The van der Waals surface area contributed by atoms with Crippen molar-refractivity contribution in [3.05, 3.63) is 71.8 Å². The maximum atomic E-state index is 2.19. The Kier molecular flexibility index (Phi) is 5.53. The third kappa shape index (κ3) is 4.88. The van der Waals surface area contributed by atoms with Crippen LogP contribution in [0.2, 0.25) is 0 Å². The van der Waals surface area contributed by atoms with Crippen LogP contribution in [0, 0.1) is 0 Å². The molecule has 0 spiro atoms. The minimum absolute atomic E-state index is 1.11. The van der Waals surface area contributed by atoms with E-state index in [2.05, 4.69) is 60.7 Å². The molecule has 88 valence electrons. The summed E-state index contributed by atoms with van der Waals surface area (Å²) in [6.45, 7) is 0. The van der Waals surface area contributed by atoms with E-state index in [9.17, 15) is 0 Å². The molecule has 0 saturated heterocycles. The fraction of sp³-hybridized carbons (Fsp3) is 0.200. The van der Waals surface area contributed by atoms with Gasteiger partial charge < -0.3 is 0 Å². The lowest BCUT2D eigenvalue weighted by Gasteiger charge is -2.02. The minimum atomic E-state index is 1.11. The summed E-state index contributed by atoms with van der Waals surface area (Å²) in [5, 5.41) is 1.16. The maximum absolute atomic E-state index is 2.19. The van der Waals surface area contributed by atoms with Crippen molar-refractivity contribution in [1.29, 1.82) is 0 Å². The zero-order chi connectivity index (χ0) is 11.8. The van der Waals surface area contributed by atoms with Gasteiger partial charge in [-0.25, -0.2) is 0 Å². The van der Waals surface area contributed by atoms with Crippen LogP contribution in [-0.2, 0) is 11.5 Å². The quantitative estimate of drug-likeness (QED) is 0.540. The van der Waals surface area contributed by atoms with E-state index in [1.807, 2.05) is 23.5 Å². The number of rotatable bonds is 6. The van der Waals surface area contributed by atoms with Crippen molar-refractivity contribution in [2.75, 3.05) is 5.08 Å². The molecule has 2 aromatic rings. The predicted molar refractivity (Wildman–Crippen MR) is 80.3 cm³/mol. The van der Waals surface area contributed by atoms with E-state index in [0.29, 0.717) is 0 Å². The molecule has 0 amide bonds. The Morgan fingerprint density at radius 2 is 1.00 bits per heavy atom. The van der Waals surface area contributed by atoms with E-state index in [1.165, 1.54) is 11.1 Å². The Labute approximate surface area is 112 Å². The summed E-state index contributed by atoms with van der Waals surface area (Å²) in [7, 11) is 0. The van der Waals surface area contributed by atoms with Crippen LogP contribution in [0.5, 0.6) is 0 Å². The normalized spacial score (nSPS) is 10.4. The largest absolute Gasteiger partial charge is 0.146 e. The van der Waals surface area contributed by atoms with Gasteiger partial charge in [0.25, 0.3) is 0 Å². The summed E-state index contributed by atoms with van der Waals surface area (Å²) >= 11 is 3.98. The van der Waals surface area contributed by atoms with E-state index in [0.717, 1.165) is 16.6 Å². The van der Waals surface area contributed by atoms with Crippen molar-refractivity contribution >= 4 is 23.5 Å². The van der Waals surface area contributed by atoms with Crippen molar-refractivity contribution < 1.29 is 0 Å². The molecule has 0 heterocycles. The molecular formula is C15H16S2. The van der Waals surface area contributed by atoms with E-state index < -0.39 is 0 Å². The third-order valence-electron chi connectivity index (χ3n) is 2.39. The van der Waals surface area contributed by atoms with Gasteiger partial charge in [0.2, 0.25) is 0 Å². The van der Waals surface area contributed by atoms with Crippen LogP contribution in [0.4, 0.5) is 0 Å². The van der Waals surface area contributed by atoms with E-state index in [1.54, 1.807) is 0 Å². The average molecular weight is 260 g/mol. The second kappa shape index (κ2) is 7.46. The molecular weight excluding hydrogens is 244 g/mol. The number of hydrogen-bond donors (Lipinski definition) is 0. The van der Waals surface area contributed by atoms with E-state index in [4.69, 9.17) is 0 Å². The second-order valence-electron chi connectivity index (χ2n) is 3.79. The molecule has 17 heavy (non-hydrogen) atoms. The van der Waals surface area contributed by atoms with Crippen LogP contribution in [0.3, 0.4) is 0 Å². The monoisotopic (exact) mass is 260 g/mol. The molecule has 2 aromatic carbocycles. The first-order chi connectivity index (χ1) is 8.45. The van der Waals surface area contributed by atoms with Crippen molar-refractivity contribution in [2.45, 2.75) is 11.5 Å². The van der Waals surface area contributed by atoms with Crippen molar-refractivity contribution in [2.24, 2.45) is 0 Å². The summed E-state index contributed by atoms with van der Waals surface area (Å²) in [6.07, 6.45) is 0. The highest BCUT2D eigenvalue weighted by Gasteiger charge is 1.94. The van der Waals surface area contributed by atoms with Crippen molar-refractivity contribution in [3.63, 3.8) is 0 Å². The van der Waals surface area contributed by atoms with Crippen LogP contribution in [0.15, 0.2) is 60.7 Å². The number of thioether (sulfide) groups is 2. The molecule has 0 unspecified atom stereocenters. The summed E-state index contributed by atoms with van der Waals surface area (Å²) < 4.78 is 0. The molecule has 0 atom stereocenters. The Hall–Kier alpha value is -0.860. The molecule has 2 rings (SSSR count). The standard InChI is InChI=1S/C15H16S2/c1-3-7-14(8-4-1)11-16-13-17-12-15-9-5-2-6-10-15/h1-10H,11-13H2. The van der Waals surface area contributed by atoms with Crippen molar-refractivity contribution in [1.82, 2.24) is 0 Å². The Balaban J connectivity index is 1.61. The molecule has 2 heteroatoms. The van der Waals surface area contributed by atoms with Gasteiger partial charge >= 0.3 is 0 Å². The lowest BCUT2D eigenvalue weighted by Crippen LogP contribution is -1.82. The van der Waals surface area contributed by atoms with Gasteiger partial charge in [0.05, 0.1) is 0 Å². The van der Waals surface area contributed by atoms with Gasteiger partial charge in [-0.1, -0.05) is 60.7 Å². The maximum Gasteiger partial charge on any atom is 0.0398 e. The second-order valence-corrected chi connectivity index (χ2v) is 6.12. The fourth-order valence-electron chi connectivity index (χ4n) is 1.53. The molecule has 0 N–H and O–H groups in total. The average Bonchev–Trinajstić information content (AvgIpc) is 2.41. The van der Waals surface area contributed by atoms with Crippen LogP contribution in [0.25, 0.3) is 0 Å². The number of hydrogen-bond acceptors (Lipinski definition) is 2. The first kappa shape index (κ1) is 12.6. The number of benzene rings is 2. The zero-order valence-corrected chi connectivity index (χ0v) is 11.3. The molecule has 0 nitrogen and oxygen atoms in total. The molecule has 0 aliphatic rings. The summed E-state index contributed by atoms with van der Waals surface area (Å²) in [4.78, 5) is 0. The summed E-state index contributed by atoms with van der Waals surface area (Å²) in [6, 6.07) is 21.3. The molecule has 0 aliphatic heterocycles. The van der Waals surface area contributed by atoms with Gasteiger partial charge in [0, 0.05) is 16.6 Å². The predicted octanol–water partition coefficient (Wildman–Crippen LogP) is 4.81. The summed E-state index contributed by atoms with van der Waals surface area (Å²) in [5.74, 6) is 2.23. The van der Waals surface area contributed by atoms with Crippen LogP contribution in [-0.4, -0.2) is 5.08 Å². The van der Waals surface area contributed by atoms with Crippen LogP contribution < -0.4 is 0 Å². The molecule has 0 aliphatic carbocycles. The highest BCUT2D eigenvalue weighted by molar-refractivity contribution is 8.15. The van der Waals surface area contributed by atoms with Gasteiger partial charge in [0.15, 0.2) is 0 Å². The molecule has 0 aromatic heterocycles. The highest BCUT2D eigenvalue weighted by Crippen LogP contribution is 2.20. The van der Waals surface area contributed by atoms with Gasteiger partial charge in [-0.3, -0.25) is 0 Å². The van der Waals surface area contributed by atoms with Crippen molar-refractivity contribution in [3.8, 4) is 0 Å². The smallest absolute Gasteiger partial charge is 0.0398 e. The van der Waals surface area contributed by atoms with Crippen LogP contribution in [0.1, 0.15) is 11.1 Å². The van der Waals surface area contributed by atoms with Crippen LogP contribution >= 0.6 is 23.5 Å². The SMILES string of the molecule is c1ccc(CSCSCc2ccccc2)cc1.